The number of hydrogen-bond acceptors (Lipinski definition) is 3. The van der Waals surface area contributed by atoms with E-state index in [9.17, 15) is 5.11 Å². The van der Waals surface area contributed by atoms with E-state index in [1.165, 1.54) is 5.56 Å². The topological polar surface area (TPSA) is 60.9 Å². The van der Waals surface area contributed by atoms with Crippen LogP contribution in [0.5, 0.6) is 0 Å². The highest BCUT2D eigenvalue weighted by molar-refractivity contribution is 5.56. The Morgan fingerprint density at radius 2 is 2.06 bits per heavy atom. The summed E-state index contributed by atoms with van der Waals surface area (Å²) in [5.74, 6) is 0.768. The molecule has 0 spiro atoms. The molecule has 0 aliphatic rings. The van der Waals surface area contributed by atoms with Crippen LogP contribution in [0.4, 0.5) is 11.5 Å². The Kier molecular flexibility index (Phi) is 3.44. The van der Waals surface area contributed by atoms with E-state index in [4.69, 9.17) is 0 Å². The van der Waals surface area contributed by atoms with Gasteiger partial charge in [0.25, 0.3) is 0 Å². The summed E-state index contributed by atoms with van der Waals surface area (Å²) in [6, 6.07) is 10.0. The number of aromatic amines is 1. The van der Waals surface area contributed by atoms with Gasteiger partial charge in [-0.1, -0.05) is 17.7 Å². The third-order valence-corrected chi connectivity index (χ3v) is 2.47. The van der Waals surface area contributed by atoms with Crippen molar-refractivity contribution < 1.29 is 5.11 Å². The fourth-order valence-electron chi connectivity index (χ4n) is 1.63. The van der Waals surface area contributed by atoms with Gasteiger partial charge >= 0.3 is 0 Å². The van der Waals surface area contributed by atoms with Crippen LogP contribution in [-0.2, 0) is 6.42 Å². The molecule has 0 aliphatic heterocycles. The predicted octanol–water partition coefficient (Wildman–Crippen LogP) is 2.39. The molecule has 4 nitrogen and oxygen atoms in total. The molecular formula is C13H17N3O. The lowest BCUT2D eigenvalue weighted by Gasteiger charge is -2.02. The zero-order valence-electron chi connectivity index (χ0n) is 10.1. The number of hydrogen-bond donors (Lipinski definition) is 3. The minimum atomic E-state index is -0.359. The molecule has 1 unspecified atom stereocenters. The van der Waals surface area contributed by atoms with Gasteiger partial charge in [0.2, 0.25) is 0 Å². The molecule has 17 heavy (non-hydrogen) atoms. The first-order valence-corrected chi connectivity index (χ1v) is 5.69. The Hall–Kier alpha value is -1.81. The number of nitrogens with one attached hydrogen (secondary N) is 2. The van der Waals surface area contributed by atoms with Gasteiger partial charge in [0, 0.05) is 23.9 Å². The Labute approximate surface area is 101 Å². The van der Waals surface area contributed by atoms with Crippen molar-refractivity contribution in [1.82, 2.24) is 10.2 Å². The summed E-state index contributed by atoms with van der Waals surface area (Å²) >= 11 is 0. The first-order valence-electron chi connectivity index (χ1n) is 5.69. The number of aryl methyl sites for hydroxylation is 1. The van der Waals surface area contributed by atoms with Gasteiger partial charge in [-0.15, -0.1) is 0 Å². The molecule has 2 rings (SSSR count). The van der Waals surface area contributed by atoms with Crippen molar-refractivity contribution in [2.24, 2.45) is 0 Å². The first kappa shape index (κ1) is 11.7. The van der Waals surface area contributed by atoms with E-state index in [0.29, 0.717) is 6.42 Å². The number of nitrogens with zero attached hydrogens (tertiary/aromatic N) is 1. The molecular weight excluding hydrogens is 214 g/mol. The van der Waals surface area contributed by atoms with Crippen LogP contribution in [0.15, 0.2) is 30.3 Å². The van der Waals surface area contributed by atoms with Gasteiger partial charge in [-0.3, -0.25) is 5.10 Å². The number of aliphatic hydroxyl groups is 1. The SMILES string of the molecule is Cc1ccc(Nc2cc(CC(C)O)[nH]n2)cc1. The molecule has 0 radical (unpaired) electrons. The fourth-order valence-corrected chi connectivity index (χ4v) is 1.63. The monoisotopic (exact) mass is 231 g/mol. The Morgan fingerprint density at radius 3 is 2.71 bits per heavy atom. The minimum Gasteiger partial charge on any atom is -0.393 e. The van der Waals surface area contributed by atoms with E-state index in [1.54, 1.807) is 6.92 Å². The minimum absolute atomic E-state index is 0.359. The highest BCUT2D eigenvalue weighted by Crippen LogP contribution is 2.16. The lowest BCUT2D eigenvalue weighted by atomic mass is 10.2. The maximum atomic E-state index is 9.27. The summed E-state index contributed by atoms with van der Waals surface area (Å²) in [6.45, 7) is 3.81. The smallest absolute Gasteiger partial charge is 0.152 e. The lowest BCUT2D eigenvalue weighted by molar-refractivity contribution is 0.194. The van der Waals surface area contributed by atoms with Crippen molar-refractivity contribution in [1.29, 1.82) is 0 Å². The van der Waals surface area contributed by atoms with Crippen LogP contribution in [0.3, 0.4) is 0 Å². The van der Waals surface area contributed by atoms with E-state index < -0.39 is 0 Å². The largest absolute Gasteiger partial charge is 0.393 e. The molecule has 1 atom stereocenters. The van der Waals surface area contributed by atoms with E-state index in [-0.39, 0.29) is 6.10 Å². The number of aromatic nitrogens is 2. The summed E-state index contributed by atoms with van der Waals surface area (Å²) in [5, 5.41) is 19.5. The fraction of sp³-hybridized carbons (Fsp3) is 0.308. The number of benzene rings is 1. The zero-order valence-corrected chi connectivity index (χ0v) is 10.1. The molecule has 3 N–H and O–H groups in total. The first-order chi connectivity index (χ1) is 8.13. The van der Waals surface area contributed by atoms with Gasteiger partial charge in [-0.2, -0.15) is 5.10 Å². The maximum Gasteiger partial charge on any atom is 0.152 e. The molecule has 4 heteroatoms. The van der Waals surface area contributed by atoms with Crippen molar-refractivity contribution in [3.05, 3.63) is 41.6 Å². The molecule has 1 aromatic carbocycles. The van der Waals surface area contributed by atoms with Gasteiger partial charge in [-0.25, -0.2) is 0 Å². The van der Waals surface area contributed by atoms with Crippen molar-refractivity contribution in [2.45, 2.75) is 26.4 Å². The Bertz CT molecular complexity index is 474. The van der Waals surface area contributed by atoms with E-state index in [0.717, 1.165) is 17.2 Å². The highest BCUT2D eigenvalue weighted by atomic mass is 16.3. The maximum absolute atomic E-state index is 9.27. The van der Waals surface area contributed by atoms with Crippen LogP contribution in [0.1, 0.15) is 18.2 Å². The molecule has 1 heterocycles. The molecule has 90 valence electrons. The van der Waals surface area contributed by atoms with E-state index in [1.807, 2.05) is 30.3 Å². The second-order valence-corrected chi connectivity index (χ2v) is 4.32. The summed E-state index contributed by atoms with van der Waals surface area (Å²) in [5.41, 5.74) is 3.16. The zero-order chi connectivity index (χ0) is 12.3. The van der Waals surface area contributed by atoms with Crippen LogP contribution in [0, 0.1) is 6.92 Å². The van der Waals surface area contributed by atoms with Crippen LogP contribution >= 0.6 is 0 Å². The van der Waals surface area contributed by atoms with Crippen LogP contribution in [-0.4, -0.2) is 21.4 Å². The number of aliphatic hydroxyl groups excluding tert-OH is 1. The Morgan fingerprint density at radius 1 is 1.35 bits per heavy atom. The third-order valence-electron chi connectivity index (χ3n) is 2.47. The molecule has 0 saturated heterocycles. The van der Waals surface area contributed by atoms with Gasteiger partial charge in [-0.05, 0) is 26.0 Å². The molecule has 2 aromatic rings. The summed E-state index contributed by atoms with van der Waals surface area (Å²) < 4.78 is 0. The number of rotatable bonds is 4. The Balaban J connectivity index is 2.03. The van der Waals surface area contributed by atoms with Crippen molar-refractivity contribution >= 4 is 11.5 Å². The number of anilines is 2. The van der Waals surface area contributed by atoms with Crippen molar-refractivity contribution in [2.75, 3.05) is 5.32 Å². The molecule has 0 aliphatic carbocycles. The molecule has 1 aromatic heterocycles. The lowest BCUT2D eigenvalue weighted by Crippen LogP contribution is -2.04. The molecule has 0 amide bonds. The third kappa shape index (κ3) is 3.32. The normalized spacial score (nSPS) is 12.4. The van der Waals surface area contributed by atoms with Gasteiger partial charge in [0.15, 0.2) is 5.82 Å². The van der Waals surface area contributed by atoms with Crippen LogP contribution < -0.4 is 5.32 Å². The summed E-state index contributed by atoms with van der Waals surface area (Å²) in [4.78, 5) is 0. The van der Waals surface area contributed by atoms with Gasteiger partial charge < -0.3 is 10.4 Å². The predicted molar refractivity (Wildman–Crippen MR) is 68.4 cm³/mol. The number of H-pyrrole nitrogens is 1. The highest BCUT2D eigenvalue weighted by Gasteiger charge is 2.04. The average Bonchev–Trinajstić information content (AvgIpc) is 2.68. The van der Waals surface area contributed by atoms with Gasteiger partial charge in [0.05, 0.1) is 6.10 Å². The second kappa shape index (κ2) is 5.01. The molecule has 0 bridgehead atoms. The summed E-state index contributed by atoms with van der Waals surface area (Å²) in [6.07, 6.45) is 0.227. The second-order valence-electron chi connectivity index (χ2n) is 4.32. The summed E-state index contributed by atoms with van der Waals surface area (Å²) in [7, 11) is 0. The van der Waals surface area contributed by atoms with Crippen molar-refractivity contribution in [3.63, 3.8) is 0 Å². The van der Waals surface area contributed by atoms with Crippen molar-refractivity contribution in [3.8, 4) is 0 Å². The quantitative estimate of drug-likeness (QED) is 0.757. The van der Waals surface area contributed by atoms with Gasteiger partial charge in [0.1, 0.15) is 0 Å². The van der Waals surface area contributed by atoms with E-state index in [2.05, 4.69) is 22.4 Å². The molecule has 0 saturated carbocycles. The van der Waals surface area contributed by atoms with Crippen LogP contribution in [0.2, 0.25) is 0 Å². The van der Waals surface area contributed by atoms with E-state index >= 15 is 0 Å². The molecule has 0 fully saturated rings. The van der Waals surface area contributed by atoms with Crippen LogP contribution in [0.25, 0.3) is 0 Å². The average molecular weight is 231 g/mol. The standard InChI is InChI=1S/C13H17N3O/c1-9-3-5-11(6-4-9)14-13-8-12(15-16-13)7-10(2)17/h3-6,8,10,17H,7H2,1-2H3,(H2,14,15,16).